The molecule has 62 heavy (non-hydrogen) atoms. The van der Waals surface area contributed by atoms with E-state index in [9.17, 15) is 19.2 Å². The predicted molar refractivity (Wildman–Crippen MR) is 240 cm³/mol. The number of para-hydroxylation sites is 1. The van der Waals surface area contributed by atoms with E-state index in [1.54, 1.807) is 18.0 Å². The van der Waals surface area contributed by atoms with Crippen LogP contribution in [0.1, 0.15) is 71.8 Å². The number of imidazole rings is 1. The number of fused-ring (bicyclic) bond motifs is 1. The molecule has 2 saturated heterocycles. The number of aryl methyl sites for hydroxylation is 1. The number of carbonyl (C=O) groups is 4. The highest BCUT2D eigenvalue weighted by Crippen LogP contribution is 2.43. The minimum atomic E-state index is -0.370. The maximum atomic E-state index is 14.3. The fraction of sp³-hybridized carbons (Fsp3) is 0.396. The van der Waals surface area contributed by atoms with Gasteiger partial charge in [-0.2, -0.15) is 0 Å². The van der Waals surface area contributed by atoms with Crippen molar-refractivity contribution in [2.24, 2.45) is 0 Å². The number of likely N-dealkylation sites (N-methyl/N-ethyl adjacent to an activating group) is 1. The highest BCUT2D eigenvalue weighted by Gasteiger charge is 2.29. The summed E-state index contributed by atoms with van der Waals surface area (Å²) in [4.78, 5) is 68.0. The number of rotatable bonds is 16. The minimum absolute atomic E-state index is 0.108. The first kappa shape index (κ1) is 43.7. The average Bonchev–Trinajstić information content (AvgIpc) is 3.74. The summed E-state index contributed by atoms with van der Waals surface area (Å²) in [6.45, 7) is 7.13. The first-order valence-corrected chi connectivity index (χ1v) is 21.5. The van der Waals surface area contributed by atoms with Gasteiger partial charge in [-0.25, -0.2) is 9.78 Å². The maximum absolute atomic E-state index is 14.3. The van der Waals surface area contributed by atoms with Gasteiger partial charge in [-0.3, -0.25) is 14.4 Å². The molecule has 14 nitrogen and oxygen atoms in total. The molecule has 14 heteroatoms. The van der Waals surface area contributed by atoms with Crippen molar-refractivity contribution in [1.82, 2.24) is 24.7 Å². The zero-order valence-electron chi connectivity index (χ0n) is 36.2. The van der Waals surface area contributed by atoms with Crippen LogP contribution >= 0.6 is 0 Å². The van der Waals surface area contributed by atoms with Crippen molar-refractivity contribution in [2.45, 2.75) is 58.0 Å². The monoisotopic (exact) mass is 843 g/mol. The van der Waals surface area contributed by atoms with Gasteiger partial charge in [0.1, 0.15) is 18.2 Å². The van der Waals surface area contributed by atoms with Crippen molar-refractivity contribution in [3.05, 3.63) is 101 Å². The summed E-state index contributed by atoms with van der Waals surface area (Å²) in [7, 11) is 5.27. The molecule has 2 aliphatic heterocycles. The predicted octanol–water partition coefficient (Wildman–Crippen LogP) is 7.62. The van der Waals surface area contributed by atoms with Crippen molar-refractivity contribution in [1.29, 1.82) is 0 Å². The third kappa shape index (κ3) is 10.2. The number of aromatic amines is 1. The Balaban J connectivity index is 1.02. The van der Waals surface area contributed by atoms with Gasteiger partial charge in [-0.15, -0.1) is 0 Å². The number of anilines is 2. The van der Waals surface area contributed by atoms with Crippen LogP contribution in [0.2, 0.25) is 0 Å². The Morgan fingerprint density at radius 1 is 0.887 bits per heavy atom. The number of likely N-dealkylation sites (tertiary alicyclic amines) is 1. The first-order valence-electron chi connectivity index (χ1n) is 21.5. The molecule has 0 spiro atoms. The van der Waals surface area contributed by atoms with E-state index in [1.807, 2.05) is 84.6 Å². The molecule has 0 saturated carbocycles. The highest BCUT2D eigenvalue weighted by molar-refractivity contribution is 6.13. The molecule has 0 aliphatic carbocycles. The molecule has 326 valence electrons. The van der Waals surface area contributed by atoms with Crippen molar-refractivity contribution >= 4 is 46.7 Å². The highest BCUT2D eigenvalue weighted by atomic mass is 16.6. The molecule has 2 aliphatic rings. The molecule has 1 aromatic heterocycles. The number of nitrogens with one attached hydrogen (secondary N) is 2. The molecular weight excluding hydrogens is 787 g/mol. The summed E-state index contributed by atoms with van der Waals surface area (Å²) in [5.74, 6) is 1.67. The van der Waals surface area contributed by atoms with E-state index in [-0.39, 0.29) is 41.7 Å². The number of H-pyrrole nitrogens is 1. The summed E-state index contributed by atoms with van der Waals surface area (Å²) in [6, 6.07) is 24.7. The van der Waals surface area contributed by atoms with Gasteiger partial charge < -0.3 is 44.1 Å². The SMILES string of the molecule is COc1c(-c2cccc3[nH]c(C4CCN(C(=O)OCc5ccccc5)CC4)nc23)ccc(C(=O)N(C)c2ccc(C)cc2OCCCCCC(=O)N2CCN(C)CC2)c1NC=O. The van der Waals surface area contributed by atoms with Crippen LogP contribution in [0.25, 0.3) is 22.2 Å². The number of hydrogen-bond acceptors (Lipinski definition) is 9. The number of hydrogen-bond donors (Lipinski definition) is 2. The quantitative estimate of drug-likeness (QED) is 0.0756. The Morgan fingerprint density at radius 2 is 1.66 bits per heavy atom. The van der Waals surface area contributed by atoms with Crippen LogP contribution in [-0.2, 0) is 20.9 Å². The van der Waals surface area contributed by atoms with Crippen molar-refractivity contribution in [3.8, 4) is 22.6 Å². The lowest BCUT2D eigenvalue weighted by molar-refractivity contribution is -0.132. The second-order valence-corrected chi connectivity index (χ2v) is 16.1. The topological polar surface area (TPSA) is 150 Å². The largest absolute Gasteiger partial charge is 0.494 e. The molecule has 0 unspecified atom stereocenters. The number of carbonyl (C=O) groups excluding carboxylic acids is 4. The molecular formula is C48H57N7O7. The van der Waals surface area contributed by atoms with Crippen molar-refractivity contribution in [2.75, 3.05) is 77.3 Å². The lowest BCUT2D eigenvalue weighted by atomic mass is 9.96. The smallest absolute Gasteiger partial charge is 0.410 e. The Bertz CT molecular complexity index is 2350. The lowest BCUT2D eigenvalue weighted by Crippen LogP contribution is -2.47. The van der Waals surface area contributed by atoms with Crippen LogP contribution in [0.15, 0.2) is 78.9 Å². The van der Waals surface area contributed by atoms with E-state index in [0.29, 0.717) is 55.3 Å². The number of unbranched alkanes of at least 4 members (excludes halogenated alkanes) is 2. The van der Waals surface area contributed by atoms with Crippen molar-refractivity contribution < 1.29 is 33.4 Å². The summed E-state index contributed by atoms with van der Waals surface area (Å²) in [6.07, 6.45) is 4.61. The van der Waals surface area contributed by atoms with Gasteiger partial charge in [0.15, 0.2) is 5.75 Å². The fourth-order valence-electron chi connectivity index (χ4n) is 8.25. The number of nitrogens with zero attached hydrogens (tertiary/aromatic N) is 5. The van der Waals surface area contributed by atoms with E-state index < -0.39 is 0 Å². The van der Waals surface area contributed by atoms with Gasteiger partial charge in [0.05, 0.1) is 41.7 Å². The first-order chi connectivity index (χ1) is 30.1. The normalized spacial score (nSPS) is 14.7. The molecule has 5 aromatic rings. The lowest BCUT2D eigenvalue weighted by Gasteiger charge is -2.32. The van der Waals surface area contributed by atoms with E-state index in [1.165, 1.54) is 12.0 Å². The molecule has 3 heterocycles. The van der Waals surface area contributed by atoms with Gasteiger partial charge in [0, 0.05) is 69.8 Å². The van der Waals surface area contributed by atoms with E-state index in [0.717, 1.165) is 91.8 Å². The van der Waals surface area contributed by atoms with Crippen LogP contribution < -0.4 is 19.7 Å². The molecule has 2 fully saturated rings. The fourth-order valence-corrected chi connectivity index (χ4v) is 8.25. The minimum Gasteiger partial charge on any atom is -0.494 e. The average molecular weight is 844 g/mol. The van der Waals surface area contributed by atoms with E-state index in [4.69, 9.17) is 19.2 Å². The second-order valence-electron chi connectivity index (χ2n) is 16.1. The van der Waals surface area contributed by atoms with E-state index >= 15 is 0 Å². The third-order valence-corrected chi connectivity index (χ3v) is 11.9. The van der Waals surface area contributed by atoms with Gasteiger partial charge >= 0.3 is 6.09 Å². The Hall–Kier alpha value is -6.41. The van der Waals surface area contributed by atoms with E-state index in [2.05, 4.69) is 22.2 Å². The van der Waals surface area contributed by atoms with Crippen molar-refractivity contribution in [3.63, 3.8) is 0 Å². The maximum Gasteiger partial charge on any atom is 0.410 e. The molecule has 0 bridgehead atoms. The molecule has 4 amide bonds. The molecule has 0 radical (unpaired) electrons. The zero-order valence-corrected chi connectivity index (χ0v) is 36.2. The van der Waals surface area contributed by atoms with Crippen LogP contribution in [-0.4, -0.2) is 116 Å². The van der Waals surface area contributed by atoms with Crippen LogP contribution in [0.3, 0.4) is 0 Å². The summed E-state index contributed by atoms with van der Waals surface area (Å²) < 4.78 is 17.8. The summed E-state index contributed by atoms with van der Waals surface area (Å²) in [5.41, 5.74) is 5.95. The molecule has 4 aromatic carbocycles. The van der Waals surface area contributed by atoms with Gasteiger partial charge in [0.25, 0.3) is 5.91 Å². The number of piperazine rings is 1. The standard InChI is InChI=1S/C48H57N7O7/c1-33-17-20-40(41(30-33)61-29-10-6-9-16-42(57)54-27-25-52(2)26-28-54)53(3)47(58)38-19-18-37(45(60-4)44(38)49-32-56)36-14-11-15-39-43(36)51-46(50-39)35-21-23-55(24-22-35)48(59)62-31-34-12-7-5-8-13-34/h5,7-8,11-15,17-20,30,32,35H,6,9-10,16,21-29,31H2,1-4H3,(H,49,56)(H,50,51). The Labute approximate surface area is 363 Å². The number of benzene rings is 4. The summed E-state index contributed by atoms with van der Waals surface area (Å²) >= 11 is 0. The molecule has 0 atom stereocenters. The summed E-state index contributed by atoms with van der Waals surface area (Å²) in [5, 5.41) is 2.75. The van der Waals surface area contributed by atoms with Crippen LogP contribution in [0.5, 0.6) is 11.5 Å². The number of piperidine rings is 1. The second kappa shape index (κ2) is 20.4. The van der Waals surface area contributed by atoms with Gasteiger partial charge in [-0.05, 0) is 87.5 Å². The number of amides is 4. The third-order valence-electron chi connectivity index (χ3n) is 11.9. The number of aromatic nitrogens is 2. The molecule has 7 rings (SSSR count). The number of methoxy groups -OCH3 is 1. The molecule has 2 N–H and O–H groups in total. The van der Waals surface area contributed by atoms with Gasteiger partial charge in [0.2, 0.25) is 12.3 Å². The Kier molecular flexibility index (Phi) is 14.4. The van der Waals surface area contributed by atoms with Gasteiger partial charge in [-0.1, -0.05) is 48.5 Å². The van der Waals surface area contributed by atoms with Crippen LogP contribution in [0.4, 0.5) is 16.2 Å². The van der Waals surface area contributed by atoms with Crippen LogP contribution in [0, 0.1) is 6.92 Å². The zero-order chi connectivity index (χ0) is 43.6. The number of ether oxygens (including phenoxy) is 3. The Morgan fingerprint density at radius 3 is 2.40 bits per heavy atom.